The summed E-state index contributed by atoms with van der Waals surface area (Å²) in [7, 11) is 1.66. The summed E-state index contributed by atoms with van der Waals surface area (Å²) in [4.78, 5) is 11.1. The van der Waals surface area contributed by atoms with Crippen LogP contribution in [-0.2, 0) is 24.1 Å². The Labute approximate surface area is 174 Å². The lowest BCUT2D eigenvalue weighted by atomic mass is 10.0. The summed E-state index contributed by atoms with van der Waals surface area (Å²) in [6.07, 6.45) is 3.07. The highest BCUT2D eigenvalue weighted by Gasteiger charge is 2.24. The van der Waals surface area contributed by atoms with Crippen molar-refractivity contribution in [3.63, 3.8) is 0 Å². The number of halogens is 1. The number of para-hydroxylation sites is 1. The van der Waals surface area contributed by atoms with Gasteiger partial charge in [-0.1, -0.05) is 29.8 Å². The first kappa shape index (κ1) is 19.2. The molecule has 0 radical (unpaired) electrons. The number of hydrogen-bond acceptors (Lipinski definition) is 5. The number of nitrogens with two attached hydrogens (primary N) is 1. The van der Waals surface area contributed by atoms with E-state index < -0.39 is 5.91 Å². The van der Waals surface area contributed by atoms with Gasteiger partial charge in [0.05, 0.1) is 24.2 Å². The van der Waals surface area contributed by atoms with Crippen LogP contribution >= 0.6 is 11.6 Å². The van der Waals surface area contributed by atoms with Gasteiger partial charge in [0, 0.05) is 11.1 Å². The lowest BCUT2D eigenvalue weighted by Gasteiger charge is -2.15. The van der Waals surface area contributed by atoms with Crippen LogP contribution in [0.15, 0.2) is 42.5 Å². The molecule has 7 heteroatoms. The maximum absolute atomic E-state index is 11.1. The van der Waals surface area contributed by atoms with Gasteiger partial charge in [0.25, 0.3) is 0 Å². The van der Waals surface area contributed by atoms with E-state index in [0.29, 0.717) is 16.5 Å². The summed E-state index contributed by atoms with van der Waals surface area (Å²) in [6.45, 7) is 0. The second kappa shape index (κ2) is 8.09. The number of hydrogen-bond donors (Lipinski definition) is 2. The van der Waals surface area contributed by atoms with Gasteiger partial charge in [-0.3, -0.25) is 4.79 Å². The van der Waals surface area contributed by atoms with Gasteiger partial charge < -0.3 is 15.8 Å². The third-order valence-electron chi connectivity index (χ3n) is 5.07. The van der Waals surface area contributed by atoms with Gasteiger partial charge in [-0.25, -0.2) is 0 Å². The molecule has 3 N–H and O–H groups in total. The number of benzene rings is 2. The molecule has 0 saturated heterocycles. The summed E-state index contributed by atoms with van der Waals surface area (Å²) in [5.74, 6) is 1.10. The van der Waals surface area contributed by atoms with E-state index in [9.17, 15) is 4.79 Å². The molecule has 148 valence electrons. The number of methoxy groups -OCH3 is 1. The minimum Gasteiger partial charge on any atom is -0.496 e. The molecule has 0 unspecified atom stereocenters. The SMILES string of the molecule is COc1ccccc1-c1nnc(Nc2ccc(CC(N)=O)cc2Cl)c2c1CCC2. The van der Waals surface area contributed by atoms with Crippen molar-refractivity contribution in [2.45, 2.75) is 25.7 Å². The summed E-state index contributed by atoms with van der Waals surface area (Å²) in [5.41, 5.74) is 10.9. The quantitative estimate of drug-likeness (QED) is 0.641. The summed E-state index contributed by atoms with van der Waals surface area (Å²) in [5, 5.41) is 12.8. The van der Waals surface area contributed by atoms with E-state index in [4.69, 9.17) is 22.1 Å². The fraction of sp³-hybridized carbons (Fsp3) is 0.227. The number of aromatic nitrogens is 2. The van der Waals surface area contributed by atoms with Crippen LogP contribution in [0.1, 0.15) is 23.1 Å². The number of amides is 1. The zero-order valence-electron chi connectivity index (χ0n) is 16.0. The summed E-state index contributed by atoms with van der Waals surface area (Å²) < 4.78 is 5.51. The molecule has 29 heavy (non-hydrogen) atoms. The smallest absolute Gasteiger partial charge is 0.221 e. The number of ether oxygens (including phenoxy) is 1. The number of carbonyl (C=O) groups is 1. The van der Waals surface area contributed by atoms with Crippen molar-refractivity contribution < 1.29 is 9.53 Å². The molecule has 0 aliphatic heterocycles. The second-order valence-electron chi connectivity index (χ2n) is 6.99. The van der Waals surface area contributed by atoms with Crippen LogP contribution in [0.5, 0.6) is 5.75 Å². The predicted molar refractivity (Wildman–Crippen MR) is 114 cm³/mol. The lowest BCUT2D eigenvalue weighted by Crippen LogP contribution is -2.13. The normalized spacial score (nSPS) is 12.5. The van der Waals surface area contributed by atoms with E-state index in [1.54, 1.807) is 13.2 Å². The Balaban J connectivity index is 1.69. The fourth-order valence-corrected chi connectivity index (χ4v) is 3.99. The Hall–Kier alpha value is -3.12. The molecule has 0 saturated carbocycles. The van der Waals surface area contributed by atoms with E-state index in [0.717, 1.165) is 47.4 Å². The number of carbonyl (C=O) groups excluding carboxylic acids is 1. The van der Waals surface area contributed by atoms with Gasteiger partial charge >= 0.3 is 0 Å². The van der Waals surface area contributed by atoms with Crippen molar-refractivity contribution in [1.82, 2.24) is 10.2 Å². The highest BCUT2D eigenvalue weighted by molar-refractivity contribution is 6.33. The fourth-order valence-electron chi connectivity index (χ4n) is 3.74. The van der Waals surface area contributed by atoms with Crippen LogP contribution in [0.4, 0.5) is 11.5 Å². The van der Waals surface area contributed by atoms with Crippen LogP contribution in [0.2, 0.25) is 5.02 Å². The third-order valence-corrected chi connectivity index (χ3v) is 5.38. The Morgan fingerprint density at radius 2 is 1.97 bits per heavy atom. The average molecular weight is 409 g/mol. The van der Waals surface area contributed by atoms with Crippen LogP contribution in [0, 0.1) is 0 Å². The summed E-state index contributed by atoms with van der Waals surface area (Å²) in [6, 6.07) is 13.2. The number of nitrogens with zero attached hydrogens (tertiary/aromatic N) is 2. The Morgan fingerprint density at radius 3 is 2.72 bits per heavy atom. The number of nitrogens with one attached hydrogen (secondary N) is 1. The molecule has 0 spiro atoms. The molecule has 0 fully saturated rings. The molecule has 1 heterocycles. The highest BCUT2D eigenvalue weighted by Crippen LogP contribution is 2.38. The first-order valence-electron chi connectivity index (χ1n) is 9.42. The number of primary amides is 1. The van der Waals surface area contributed by atoms with E-state index in [2.05, 4.69) is 15.5 Å². The van der Waals surface area contributed by atoms with Gasteiger partial charge in [0.1, 0.15) is 11.4 Å². The molecular formula is C22H21ClN4O2. The second-order valence-corrected chi connectivity index (χ2v) is 7.40. The molecule has 1 aliphatic rings. The summed E-state index contributed by atoms with van der Waals surface area (Å²) >= 11 is 6.40. The molecular weight excluding hydrogens is 388 g/mol. The molecule has 3 aromatic rings. The number of rotatable bonds is 6. The van der Waals surface area contributed by atoms with E-state index in [-0.39, 0.29) is 6.42 Å². The topological polar surface area (TPSA) is 90.1 Å². The maximum Gasteiger partial charge on any atom is 0.221 e. The van der Waals surface area contributed by atoms with Crippen LogP contribution in [0.3, 0.4) is 0 Å². The lowest BCUT2D eigenvalue weighted by molar-refractivity contribution is -0.117. The molecule has 4 rings (SSSR count). The zero-order valence-corrected chi connectivity index (χ0v) is 16.8. The Morgan fingerprint density at radius 1 is 1.17 bits per heavy atom. The Bertz CT molecular complexity index is 1080. The minimum absolute atomic E-state index is 0.156. The predicted octanol–water partition coefficient (Wildman–Crippen LogP) is 4.07. The number of anilines is 2. The maximum atomic E-state index is 11.1. The molecule has 6 nitrogen and oxygen atoms in total. The highest BCUT2D eigenvalue weighted by atomic mass is 35.5. The van der Waals surface area contributed by atoms with Crippen molar-refractivity contribution in [1.29, 1.82) is 0 Å². The van der Waals surface area contributed by atoms with Gasteiger partial charge in [-0.15, -0.1) is 10.2 Å². The van der Waals surface area contributed by atoms with Crippen molar-refractivity contribution in [2.24, 2.45) is 5.73 Å². The van der Waals surface area contributed by atoms with E-state index in [1.807, 2.05) is 36.4 Å². The molecule has 0 atom stereocenters. The molecule has 1 aromatic heterocycles. The molecule has 1 aliphatic carbocycles. The monoisotopic (exact) mass is 408 g/mol. The van der Waals surface area contributed by atoms with Crippen LogP contribution in [-0.4, -0.2) is 23.2 Å². The van der Waals surface area contributed by atoms with Gasteiger partial charge in [-0.05, 0) is 54.7 Å². The first-order valence-corrected chi connectivity index (χ1v) is 9.80. The van der Waals surface area contributed by atoms with Crippen LogP contribution < -0.4 is 15.8 Å². The standard InChI is InChI=1S/C22H21ClN4O2/c1-29-19-8-3-2-5-16(19)21-14-6-4-7-15(14)22(27-26-21)25-18-10-9-13(11-17(18)23)12-20(24)28/h2-3,5,8-11H,4,6-7,12H2,1H3,(H2,24,28)(H,25,27). The van der Waals surface area contributed by atoms with Crippen molar-refractivity contribution in [3.05, 3.63) is 64.2 Å². The minimum atomic E-state index is -0.391. The third kappa shape index (κ3) is 3.89. The van der Waals surface area contributed by atoms with Crippen molar-refractivity contribution >= 4 is 29.0 Å². The average Bonchev–Trinajstić information content (AvgIpc) is 3.20. The van der Waals surface area contributed by atoms with Gasteiger partial charge in [0.2, 0.25) is 5.91 Å². The number of fused-ring (bicyclic) bond motifs is 1. The van der Waals surface area contributed by atoms with E-state index in [1.165, 1.54) is 5.56 Å². The van der Waals surface area contributed by atoms with E-state index >= 15 is 0 Å². The van der Waals surface area contributed by atoms with Crippen LogP contribution in [0.25, 0.3) is 11.3 Å². The van der Waals surface area contributed by atoms with Gasteiger partial charge in [-0.2, -0.15) is 0 Å². The van der Waals surface area contributed by atoms with Crippen molar-refractivity contribution in [3.8, 4) is 17.0 Å². The van der Waals surface area contributed by atoms with Crippen molar-refractivity contribution in [2.75, 3.05) is 12.4 Å². The largest absolute Gasteiger partial charge is 0.496 e. The molecule has 0 bridgehead atoms. The molecule has 2 aromatic carbocycles. The first-order chi connectivity index (χ1) is 14.1. The zero-order chi connectivity index (χ0) is 20.4. The molecule has 1 amide bonds. The Kier molecular flexibility index (Phi) is 5.36. The van der Waals surface area contributed by atoms with Gasteiger partial charge in [0.15, 0.2) is 5.82 Å².